The van der Waals surface area contributed by atoms with Crippen molar-refractivity contribution in [1.82, 2.24) is 0 Å². The Hall–Kier alpha value is -2.31. The van der Waals surface area contributed by atoms with Gasteiger partial charge in [0.25, 0.3) is 0 Å². The third-order valence-corrected chi connectivity index (χ3v) is 3.68. The van der Waals surface area contributed by atoms with Crippen LogP contribution in [0.15, 0.2) is 18.2 Å². The number of hydrogen-bond acceptors (Lipinski definition) is 6. The highest BCUT2D eigenvalue weighted by atomic mass is 16.5. The Morgan fingerprint density at radius 2 is 2.10 bits per heavy atom. The fraction of sp³-hybridized carbons (Fsp3) is 0.267. The normalized spacial score (nSPS) is 17.8. The zero-order valence-electron chi connectivity index (χ0n) is 11.3. The second kappa shape index (κ2) is 4.91. The van der Waals surface area contributed by atoms with Crippen molar-refractivity contribution in [2.24, 2.45) is 0 Å². The maximum Gasteiger partial charge on any atom is 0.192 e. The SMILES string of the molecule is COc1cccc2c(O)c3c(c(O)c12)[C@@H](CO)OCC3=O. The number of aromatic hydroxyl groups is 2. The number of aliphatic hydroxyl groups excluding tert-OH is 1. The molecule has 21 heavy (non-hydrogen) atoms. The van der Waals surface area contributed by atoms with Crippen molar-refractivity contribution in [3.8, 4) is 17.2 Å². The van der Waals surface area contributed by atoms with Crippen LogP contribution in [0.2, 0.25) is 0 Å². The number of aliphatic hydroxyl groups is 1. The summed E-state index contributed by atoms with van der Waals surface area (Å²) >= 11 is 0. The quantitative estimate of drug-likeness (QED) is 0.725. The van der Waals surface area contributed by atoms with Gasteiger partial charge in [0.1, 0.15) is 30.0 Å². The van der Waals surface area contributed by atoms with Crippen LogP contribution >= 0.6 is 0 Å². The predicted octanol–water partition coefficient (Wildman–Crippen LogP) is 1.51. The number of methoxy groups -OCH3 is 1. The molecule has 0 aliphatic carbocycles. The summed E-state index contributed by atoms with van der Waals surface area (Å²) < 4.78 is 10.4. The van der Waals surface area contributed by atoms with Crippen molar-refractivity contribution in [1.29, 1.82) is 0 Å². The Bertz CT molecular complexity index is 737. The van der Waals surface area contributed by atoms with Crippen molar-refractivity contribution >= 4 is 16.6 Å². The first-order valence-electron chi connectivity index (χ1n) is 6.40. The summed E-state index contributed by atoms with van der Waals surface area (Å²) in [6.07, 6.45) is -0.863. The molecule has 110 valence electrons. The molecule has 6 heteroatoms. The summed E-state index contributed by atoms with van der Waals surface area (Å²) in [5, 5.41) is 30.9. The van der Waals surface area contributed by atoms with Crippen LogP contribution in [0.4, 0.5) is 0 Å². The van der Waals surface area contributed by atoms with Crippen LogP contribution in [0, 0.1) is 0 Å². The molecule has 1 atom stereocenters. The molecule has 1 aliphatic heterocycles. The van der Waals surface area contributed by atoms with E-state index in [2.05, 4.69) is 0 Å². The minimum absolute atomic E-state index is 0.00134. The van der Waals surface area contributed by atoms with Gasteiger partial charge in [0.2, 0.25) is 0 Å². The van der Waals surface area contributed by atoms with Gasteiger partial charge in [-0.05, 0) is 6.07 Å². The monoisotopic (exact) mass is 290 g/mol. The van der Waals surface area contributed by atoms with Crippen LogP contribution in [0.3, 0.4) is 0 Å². The zero-order chi connectivity index (χ0) is 15.1. The molecule has 3 N–H and O–H groups in total. The van der Waals surface area contributed by atoms with E-state index < -0.39 is 18.5 Å². The summed E-state index contributed by atoms with van der Waals surface area (Å²) in [5.74, 6) is -0.532. The van der Waals surface area contributed by atoms with Crippen molar-refractivity contribution in [3.63, 3.8) is 0 Å². The number of phenols is 2. The van der Waals surface area contributed by atoms with Gasteiger partial charge in [0.05, 0.1) is 24.7 Å². The maximum absolute atomic E-state index is 12.0. The minimum atomic E-state index is -0.863. The average molecular weight is 290 g/mol. The maximum atomic E-state index is 12.0. The number of hydrogen-bond donors (Lipinski definition) is 3. The Balaban J connectivity index is 2.47. The van der Waals surface area contributed by atoms with E-state index in [4.69, 9.17) is 9.47 Å². The Kier molecular flexibility index (Phi) is 3.19. The van der Waals surface area contributed by atoms with Crippen LogP contribution in [0.25, 0.3) is 10.8 Å². The van der Waals surface area contributed by atoms with Crippen LogP contribution in [0.1, 0.15) is 22.0 Å². The van der Waals surface area contributed by atoms with Crippen molar-refractivity contribution in [3.05, 3.63) is 29.3 Å². The van der Waals surface area contributed by atoms with Crippen molar-refractivity contribution < 1.29 is 29.6 Å². The van der Waals surface area contributed by atoms with Crippen molar-refractivity contribution in [2.75, 3.05) is 20.3 Å². The Labute approximate surface area is 120 Å². The van der Waals surface area contributed by atoms with E-state index in [1.54, 1.807) is 18.2 Å². The summed E-state index contributed by atoms with van der Waals surface area (Å²) in [6.45, 7) is -0.658. The van der Waals surface area contributed by atoms with Gasteiger partial charge in [-0.1, -0.05) is 12.1 Å². The molecule has 2 aromatic rings. The zero-order valence-corrected chi connectivity index (χ0v) is 11.3. The van der Waals surface area contributed by atoms with Crippen LogP contribution < -0.4 is 4.74 Å². The molecule has 6 nitrogen and oxygen atoms in total. The van der Waals surface area contributed by atoms with Crippen LogP contribution in [-0.2, 0) is 4.74 Å². The summed E-state index contributed by atoms with van der Waals surface area (Å²) in [4.78, 5) is 12.0. The number of rotatable bonds is 2. The number of carbonyl (C=O) groups excluding carboxylic acids is 1. The van der Waals surface area contributed by atoms with Gasteiger partial charge >= 0.3 is 0 Å². The first-order valence-corrected chi connectivity index (χ1v) is 6.40. The third kappa shape index (κ3) is 1.84. The van der Waals surface area contributed by atoms with Gasteiger partial charge in [0.15, 0.2) is 5.78 Å². The van der Waals surface area contributed by atoms with Gasteiger partial charge in [-0.2, -0.15) is 0 Å². The van der Waals surface area contributed by atoms with Gasteiger partial charge in [-0.15, -0.1) is 0 Å². The molecule has 0 amide bonds. The number of carbonyl (C=O) groups is 1. The lowest BCUT2D eigenvalue weighted by Crippen LogP contribution is -2.25. The molecule has 0 fully saturated rings. The van der Waals surface area contributed by atoms with E-state index in [0.717, 1.165) is 0 Å². The number of benzene rings is 2. The highest BCUT2D eigenvalue weighted by molar-refractivity contribution is 6.11. The number of ether oxygens (including phenoxy) is 2. The van der Waals surface area contributed by atoms with Crippen molar-refractivity contribution in [2.45, 2.75) is 6.10 Å². The molecule has 1 aliphatic rings. The lowest BCUT2D eigenvalue weighted by Gasteiger charge is -2.26. The molecule has 1 heterocycles. The molecular weight excluding hydrogens is 276 g/mol. The lowest BCUT2D eigenvalue weighted by atomic mass is 9.90. The second-order valence-electron chi connectivity index (χ2n) is 4.77. The molecular formula is C15H14O6. The van der Waals surface area contributed by atoms with E-state index in [1.165, 1.54) is 7.11 Å². The fourth-order valence-corrected chi connectivity index (χ4v) is 2.73. The minimum Gasteiger partial charge on any atom is -0.507 e. The smallest absolute Gasteiger partial charge is 0.192 e. The largest absolute Gasteiger partial charge is 0.507 e. The Morgan fingerprint density at radius 1 is 1.33 bits per heavy atom. The molecule has 0 radical (unpaired) electrons. The summed E-state index contributed by atoms with van der Waals surface area (Å²) in [7, 11) is 1.44. The number of Topliss-reactive ketones (excluding diaryl/α,β-unsaturated/α-hetero) is 1. The van der Waals surface area contributed by atoms with Gasteiger partial charge in [-0.25, -0.2) is 0 Å². The predicted molar refractivity (Wildman–Crippen MR) is 73.9 cm³/mol. The standard InChI is InChI=1S/C15H14O6/c1-20-9-4-2-3-7-11(9)15(19)13-10(5-16)21-6-8(17)12(13)14(7)18/h2-4,10,16,18-19H,5-6H2,1H3/t10-/m1/s1. The van der Waals surface area contributed by atoms with Gasteiger partial charge < -0.3 is 24.8 Å². The molecule has 0 aromatic heterocycles. The molecule has 3 rings (SSSR count). The van der Waals surface area contributed by atoms with Gasteiger partial charge in [-0.3, -0.25) is 4.79 Å². The first-order chi connectivity index (χ1) is 10.1. The molecule has 0 spiro atoms. The molecule has 0 saturated heterocycles. The molecule has 2 aromatic carbocycles. The second-order valence-corrected chi connectivity index (χ2v) is 4.77. The van der Waals surface area contributed by atoms with Crippen LogP contribution in [-0.4, -0.2) is 41.4 Å². The lowest BCUT2D eigenvalue weighted by molar-refractivity contribution is 0.00588. The molecule has 0 bridgehead atoms. The first kappa shape index (κ1) is 13.7. The topological polar surface area (TPSA) is 96.2 Å². The van der Waals surface area contributed by atoms with Crippen LogP contribution in [0.5, 0.6) is 17.2 Å². The Morgan fingerprint density at radius 3 is 2.76 bits per heavy atom. The molecule has 0 unspecified atom stereocenters. The highest BCUT2D eigenvalue weighted by Crippen LogP contribution is 2.48. The van der Waals surface area contributed by atoms with E-state index >= 15 is 0 Å². The average Bonchev–Trinajstić information content (AvgIpc) is 2.51. The summed E-state index contributed by atoms with van der Waals surface area (Å²) in [6, 6.07) is 4.87. The summed E-state index contributed by atoms with van der Waals surface area (Å²) in [5.41, 5.74) is 0.0989. The fourth-order valence-electron chi connectivity index (χ4n) is 2.73. The number of ketones is 1. The third-order valence-electron chi connectivity index (χ3n) is 3.68. The van der Waals surface area contributed by atoms with E-state index in [9.17, 15) is 20.1 Å². The van der Waals surface area contributed by atoms with E-state index in [0.29, 0.717) is 11.1 Å². The van der Waals surface area contributed by atoms with Gasteiger partial charge in [0, 0.05) is 10.9 Å². The molecule has 0 saturated carbocycles. The van der Waals surface area contributed by atoms with E-state index in [1.807, 2.05) is 0 Å². The van der Waals surface area contributed by atoms with E-state index in [-0.39, 0.29) is 34.6 Å². The highest BCUT2D eigenvalue weighted by Gasteiger charge is 2.34. The number of fused-ring (bicyclic) bond motifs is 2. The number of phenolic OH excluding ortho intramolecular Hbond substituents is 2.